The highest BCUT2D eigenvalue weighted by Crippen LogP contribution is 2.27. The Morgan fingerprint density at radius 2 is 2.28 bits per heavy atom. The lowest BCUT2D eigenvalue weighted by molar-refractivity contribution is 0.0951. The summed E-state index contributed by atoms with van der Waals surface area (Å²) in [5.74, 6) is 4.63. The Morgan fingerprint density at radius 1 is 1.50 bits per heavy atom. The third-order valence-corrected chi connectivity index (χ3v) is 2.78. The maximum Gasteiger partial charge on any atom is 0.251 e. The van der Waals surface area contributed by atoms with Gasteiger partial charge >= 0.3 is 0 Å². The number of aliphatic hydroxyl groups is 1. The van der Waals surface area contributed by atoms with Crippen molar-refractivity contribution in [3.05, 3.63) is 35.1 Å². The molecule has 1 fully saturated rings. The summed E-state index contributed by atoms with van der Waals surface area (Å²) >= 11 is 0. The van der Waals surface area contributed by atoms with Crippen LogP contribution in [0.2, 0.25) is 0 Å². The van der Waals surface area contributed by atoms with Crippen LogP contribution < -0.4 is 5.32 Å². The third-order valence-electron chi connectivity index (χ3n) is 2.78. The molecular weight excluding hydrogens is 233 g/mol. The molecular formula is C14H14FNO2. The monoisotopic (exact) mass is 247 g/mol. The van der Waals surface area contributed by atoms with Gasteiger partial charge in [0.25, 0.3) is 5.91 Å². The quantitative estimate of drug-likeness (QED) is 0.791. The number of amides is 1. The number of halogens is 1. The highest BCUT2D eigenvalue weighted by molar-refractivity contribution is 5.94. The maximum atomic E-state index is 13.6. The molecule has 0 aliphatic heterocycles. The van der Waals surface area contributed by atoms with Crippen LogP contribution in [-0.2, 0) is 0 Å². The van der Waals surface area contributed by atoms with E-state index < -0.39 is 5.82 Å². The van der Waals surface area contributed by atoms with Crippen molar-refractivity contribution >= 4 is 5.91 Å². The van der Waals surface area contributed by atoms with Crippen LogP contribution in [0.1, 0.15) is 28.8 Å². The van der Waals surface area contributed by atoms with Crippen LogP contribution in [0.25, 0.3) is 0 Å². The summed E-state index contributed by atoms with van der Waals surface area (Å²) in [7, 11) is 0. The minimum Gasteiger partial charge on any atom is -0.384 e. The molecule has 1 aliphatic carbocycles. The van der Waals surface area contributed by atoms with Crippen molar-refractivity contribution in [1.82, 2.24) is 5.32 Å². The first-order valence-electron chi connectivity index (χ1n) is 5.88. The SMILES string of the molecule is O=C(NCC1CC1)c1ccc(C#CCO)c(F)c1. The first-order valence-corrected chi connectivity index (χ1v) is 5.88. The van der Waals surface area contributed by atoms with Gasteiger partial charge in [-0.1, -0.05) is 11.8 Å². The second kappa shape index (κ2) is 5.65. The second-order valence-corrected chi connectivity index (χ2v) is 4.31. The molecule has 0 bridgehead atoms. The Hall–Kier alpha value is -1.86. The van der Waals surface area contributed by atoms with Gasteiger partial charge in [-0.2, -0.15) is 0 Å². The molecule has 0 heterocycles. The van der Waals surface area contributed by atoms with Gasteiger partial charge in [-0.25, -0.2) is 4.39 Å². The molecule has 2 N–H and O–H groups in total. The Balaban J connectivity index is 2.04. The van der Waals surface area contributed by atoms with Crippen molar-refractivity contribution in [2.45, 2.75) is 12.8 Å². The summed E-state index contributed by atoms with van der Waals surface area (Å²) in [4.78, 5) is 11.7. The van der Waals surface area contributed by atoms with Crippen LogP contribution in [0.4, 0.5) is 4.39 Å². The molecule has 1 aromatic carbocycles. The lowest BCUT2D eigenvalue weighted by Gasteiger charge is -2.04. The van der Waals surface area contributed by atoms with E-state index in [0.29, 0.717) is 18.0 Å². The van der Waals surface area contributed by atoms with Crippen molar-refractivity contribution in [3.63, 3.8) is 0 Å². The van der Waals surface area contributed by atoms with Crippen LogP contribution in [-0.4, -0.2) is 24.2 Å². The van der Waals surface area contributed by atoms with E-state index in [9.17, 15) is 9.18 Å². The Bertz CT molecular complexity index is 512. The van der Waals surface area contributed by atoms with Gasteiger partial charge in [0.2, 0.25) is 0 Å². The van der Waals surface area contributed by atoms with Gasteiger partial charge in [0, 0.05) is 12.1 Å². The van der Waals surface area contributed by atoms with Crippen molar-refractivity contribution in [2.75, 3.05) is 13.2 Å². The minimum absolute atomic E-state index is 0.183. The molecule has 0 aromatic heterocycles. The van der Waals surface area contributed by atoms with Gasteiger partial charge in [0.15, 0.2) is 0 Å². The van der Waals surface area contributed by atoms with Crippen LogP contribution in [0, 0.1) is 23.6 Å². The standard InChI is InChI=1S/C14H14FNO2/c15-13-8-12(6-5-11(13)2-1-7-17)14(18)16-9-10-3-4-10/h5-6,8,10,17H,3-4,7,9H2,(H,16,18). The number of rotatable bonds is 3. The van der Waals surface area contributed by atoms with Gasteiger partial charge in [-0.3, -0.25) is 4.79 Å². The highest BCUT2D eigenvalue weighted by atomic mass is 19.1. The predicted octanol–water partition coefficient (Wildman–Crippen LogP) is 1.31. The van der Waals surface area contributed by atoms with Crippen molar-refractivity contribution in [1.29, 1.82) is 0 Å². The number of aliphatic hydroxyl groups excluding tert-OH is 1. The fourth-order valence-electron chi connectivity index (χ4n) is 1.55. The largest absolute Gasteiger partial charge is 0.384 e. The lowest BCUT2D eigenvalue weighted by Crippen LogP contribution is -2.25. The van der Waals surface area contributed by atoms with Gasteiger partial charge in [-0.15, -0.1) is 0 Å². The molecule has 0 radical (unpaired) electrons. The molecule has 1 aliphatic rings. The molecule has 1 saturated carbocycles. The molecule has 3 nitrogen and oxygen atoms in total. The number of hydrogen-bond donors (Lipinski definition) is 2. The van der Waals surface area contributed by atoms with Gasteiger partial charge in [-0.05, 0) is 37.0 Å². The van der Waals surface area contributed by atoms with E-state index in [1.807, 2.05) is 0 Å². The third kappa shape index (κ3) is 3.31. The maximum absolute atomic E-state index is 13.6. The first-order chi connectivity index (χ1) is 8.70. The zero-order chi connectivity index (χ0) is 13.0. The van der Waals surface area contributed by atoms with Crippen molar-refractivity contribution < 1.29 is 14.3 Å². The summed E-state index contributed by atoms with van der Waals surface area (Å²) < 4.78 is 13.6. The fourth-order valence-corrected chi connectivity index (χ4v) is 1.55. The van der Waals surface area contributed by atoms with Crippen molar-refractivity contribution in [3.8, 4) is 11.8 Å². The molecule has 1 amide bonds. The first kappa shape index (κ1) is 12.6. The van der Waals surface area contributed by atoms with Crippen LogP contribution >= 0.6 is 0 Å². The molecule has 0 unspecified atom stereocenters. The summed E-state index contributed by atoms with van der Waals surface area (Å²) in [5.41, 5.74) is 0.477. The Morgan fingerprint density at radius 3 is 2.89 bits per heavy atom. The van der Waals surface area contributed by atoms with E-state index in [4.69, 9.17) is 5.11 Å². The smallest absolute Gasteiger partial charge is 0.251 e. The van der Waals surface area contributed by atoms with Crippen LogP contribution in [0.5, 0.6) is 0 Å². The molecule has 94 valence electrons. The van der Waals surface area contributed by atoms with Crippen molar-refractivity contribution in [2.24, 2.45) is 5.92 Å². The predicted molar refractivity (Wildman–Crippen MR) is 65.4 cm³/mol. The van der Waals surface area contributed by atoms with Gasteiger partial charge in [0.05, 0.1) is 5.56 Å². The number of carbonyl (C=O) groups excluding carboxylic acids is 1. The second-order valence-electron chi connectivity index (χ2n) is 4.31. The number of nitrogens with one attached hydrogen (secondary N) is 1. The molecule has 4 heteroatoms. The number of benzene rings is 1. The average Bonchev–Trinajstić information content (AvgIpc) is 3.18. The fraction of sp³-hybridized carbons (Fsp3) is 0.357. The number of carbonyl (C=O) groups is 1. The normalized spacial score (nSPS) is 13.7. The molecule has 18 heavy (non-hydrogen) atoms. The van der Waals surface area contributed by atoms with E-state index in [2.05, 4.69) is 17.2 Å². The zero-order valence-corrected chi connectivity index (χ0v) is 9.87. The van der Waals surface area contributed by atoms with Crippen LogP contribution in [0.15, 0.2) is 18.2 Å². The Labute approximate surface area is 105 Å². The topological polar surface area (TPSA) is 49.3 Å². The Kier molecular flexibility index (Phi) is 3.96. The average molecular weight is 247 g/mol. The van der Waals surface area contributed by atoms with E-state index >= 15 is 0 Å². The van der Waals surface area contributed by atoms with E-state index in [0.717, 1.165) is 12.8 Å². The van der Waals surface area contributed by atoms with Gasteiger partial charge in [0.1, 0.15) is 12.4 Å². The molecule has 2 rings (SSSR count). The minimum atomic E-state index is -0.546. The van der Waals surface area contributed by atoms with Gasteiger partial charge < -0.3 is 10.4 Å². The summed E-state index contributed by atoms with van der Waals surface area (Å²) in [5, 5.41) is 11.3. The molecule has 1 aromatic rings. The molecule has 0 saturated heterocycles. The number of hydrogen-bond acceptors (Lipinski definition) is 2. The van der Waals surface area contributed by atoms with Crippen LogP contribution in [0.3, 0.4) is 0 Å². The highest BCUT2D eigenvalue weighted by Gasteiger charge is 2.21. The lowest BCUT2D eigenvalue weighted by atomic mass is 10.1. The summed E-state index contributed by atoms with van der Waals surface area (Å²) in [6, 6.07) is 4.15. The summed E-state index contributed by atoms with van der Waals surface area (Å²) in [6.07, 6.45) is 2.31. The molecule has 0 atom stereocenters. The zero-order valence-electron chi connectivity index (χ0n) is 9.87. The van der Waals surface area contributed by atoms with E-state index in [1.165, 1.54) is 18.2 Å². The van der Waals surface area contributed by atoms with E-state index in [1.54, 1.807) is 0 Å². The summed E-state index contributed by atoms with van der Waals surface area (Å²) in [6.45, 7) is 0.343. The van der Waals surface area contributed by atoms with E-state index in [-0.39, 0.29) is 18.1 Å². The molecule has 0 spiro atoms.